The molecule has 0 bridgehead atoms. The number of hydrogen-bond donors (Lipinski definition) is 0. The van der Waals surface area contributed by atoms with Crippen molar-refractivity contribution in [1.82, 2.24) is 9.47 Å². The third-order valence-corrected chi connectivity index (χ3v) is 3.11. The van der Waals surface area contributed by atoms with Crippen molar-refractivity contribution in [2.45, 2.75) is 6.42 Å². The number of aromatic nitrogens is 1. The lowest BCUT2D eigenvalue weighted by Crippen LogP contribution is -2.14. The SMILES string of the molecule is COc1ccc2c(CCN(C)C)cn(C)c2c1. The summed E-state index contributed by atoms with van der Waals surface area (Å²) in [4.78, 5) is 2.21. The Labute approximate surface area is 103 Å². The highest BCUT2D eigenvalue weighted by atomic mass is 16.5. The molecule has 1 aromatic heterocycles. The summed E-state index contributed by atoms with van der Waals surface area (Å²) >= 11 is 0. The van der Waals surface area contributed by atoms with Gasteiger partial charge in [0.2, 0.25) is 0 Å². The van der Waals surface area contributed by atoms with Crippen molar-refractivity contribution >= 4 is 10.9 Å². The Balaban J connectivity index is 2.38. The van der Waals surface area contributed by atoms with E-state index in [1.807, 2.05) is 6.07 Å². The second kappa shape index (κ2) is 4.80. The molecule has 0 saturated heterocycles. The summed E-state index contributed by atoms with van der Waals surface area (Å²) in [5.74, 6) is 0.915. The molecule has 0 fully saturated rings. The summed E-state index contributed by atoms with van der Waals surface area (Å²) in [5, 5.41) is 1.33. The zero-order chi connectivity index (χ0) is 12.4. The van der Waals surface area contributed by atoms with Crippen molar-refractivity contribution in [1.29, 1.82) is 0 Å². The largest absolute Gasteiger partial charge is 0.497 e. The average molecular weight is 232 g/mol. The highest BCUT2D eigenvalue weighted by Crippen LogP contribution is 2.25. The second-order valence-corrected chi connectivity index (χ2v) is 4.70. The van der Waals surface area contributed by atoms with Crippen molar-refractivity contribution < 1.29 is 4.74 Å². The van der Waals surface area contributed by atoms with Crippen molar-refractivity contribution in [2.75, 3.05) is 27.7 Å². The molecular formula is C14H20N2O. The lowest BCUT2D eigenvalue weighted by atomic mass is 10.1. The first-order chi connectivity index (χ1) is 8.11. The third-order valence-electron chi connectivity index (χ3n) is 3.11. The van der Waals surface area contributed by atoms with Gasteiger partial charge < -0.3 is 14.2 Å². The molecule has 0 atom stereocenters. The van der Waals surface area contributed by atoms with E-state index in [2.05, 4.69) is 48.9 Å². The first-order valence-electron chi connectivity index (χ1n) is 5.88. The monoisotopic (exact) mass is 232 g/mol. The maximum atomic E-state index is 5.26. The Bertz CT molecular complexity index is 514. The molecule has 1 heterocycles. The summed E-state index contributed by atoms with van der Waals surface area (Å²) in [5.41, 5.74) is 2.64. The summed E-state index contributed by atoms with van der Waals surface area (Å²) in [6, 6.07) is 6.27. The van der Waals surface area contributed by atoms with Gasteiger partial charge in [0, 0.05) is 31.2 Å². The lowest BCUT2D eigenvalue weighted by Gasteiger charge is -2.08. The molecule has 3 nitrogen and oxygen atoms in total. The van der Waals surface area contributed by atoms with Gasteiger partial charge in [0.05, 0.1) is 12.6 Å². The van der Waals surface area contributed by atoms with Gasteiger partial charge in [-0.2, -0.15) is 0 Å². The van der Waals surface area contributed by atoms with E-state index in [9.17, 15) is 0 Å². The molecule has 0 unspecified atom stereocenters. The molecule has 2 aromatic rings. The Morgan fingerprint density at radius 1 is 1.29 bits per heavy atom. The van der Waals surface area contributed by atoms with Crippen LogP contribution in [0.25, 0.3) is 10.9 Å². The van der Waals surface area contributed by atoms with Gasteiger partial charge in [-0.25, -0.2) is 0 Å². The number of hydrogen-bond acceptors (Lipinski definition) is 2. The molecule has 0 spiro atoms. The van der Waals surface area contributed by atoms with Crippen LogP contribution in [0.4, 0.5) is 0 Å². The van der Waals surface area contributed by atoms with Crippen LogP contribution in [0, 0.1) is 0 Å². The highest BCUT2D eigenvalue weighted by molar-refractivity contribution is 5.85. The van der Waals surface area contributed by atoms with Crippen molar-refractivity contribution in [3.8, 4) is 5.75 Å². The van der Waals surface area contributed by atoms with Gasteiger partial charge in [-0.3, -0.25) is 0 Å². The predicted molar refractivity (Wildman–Crippen MR) is 71.7 cm³/mol. The predicted octanol–water partition coefficient (Wildman–Crippen LogP) is 2.29. The minimum absolute atomic E-state index is 0.915. The minimum Gasteiger partial charge on any atom is -0.497 e. The minimum atomic E-state index is 0.915. The fourth-order valence-electron chi connectivity index (χ4n) is 2.12. The maximum Gasteiger partial charge on any atom is 0.120 e. The number of methoxy groups -OCH3 is 1. The number of nitrogens with zero attached hydrogens (tertiary/aromatic N) is 2. The highest BCUT2D eigenvalue weighted by Gasteiger charge is 2.07. The van der Waals surface area contributed by atoms with E-state index in [0.29, 0.717) is 0 Å². The molecule has 0 radical (unpaired) electrons. The van der Waals surface area contributed by atoms with E-state index in [-0.39, 0.29) is 0 Å². The molecule has 92 valence electrons. The number of ether oxygens (including phenoxy) is 1. The topological polar surface area (TPSA) is 17.4 Å². The normalized spacial score (nSPS) is 11.4. The molecule has 0 aliphatic carbocycles. The molecule has 0 aliphatic rings. The van der Waals surface area contributed by atoms with Crippen LogP contribution < -0.4 is 4.74 Å². The molecular weight excluding hydrogens is 212 g/mol. The number of likely N-dealkylation sites (N-methyl/N-ethyl adjacent to an activating group) is 1. The molecule has 17 heavy (non-hydrogen) atoms. The summed E-state index contributed by atoms with van der Waals surface area (Å²) in [7, 11) is 8.00. The van der Waals surface area contributed by atoms with Crippen LogP contribution in [-0.2, 0) is 13.5 Å². The van der Waals surface area contributed by atoms with Crippen molar-refractivity contribution in [3.63, 3.8) is 0 Å². The van der Waals surface area contributed by atoms with Crippen molar-refractivity contribution in [2.24, 2.45) is 7.05 Å². The fourth-order valence-corrected chi connectivity index (χ4v) is 2.12. The summed E-state index contributed by atoms with van der Waals surface area (Å²) in [6.07, 6.45) is 3.30. The quantitative estimate of drug-likeness (QED) is 0.804. The second-order valence-electron chi connectivity index (χ2n) is 4.70. The van der Waals surface area contributed by atoms with Gasteiger partial charge in [-0.1, -0.05) is 0 Å². The third kappa shape index (κ3) is 2.44. The van der Waals surface area contributed by atoms with Crippen LogP contribution in [0.2, 0.25) is 0 Å². The van der Waals surface area contributed by atoms with Crippen LogP contribution in [0.15, 0.2) is 24.4 Å². The zero-order valence-electron chi connectivity index (χ0n) is 11.0. The van der Waals surface area contributed by atoms with Crippen LogP contribution in [0.1, 0.15) is 5.56 Å². The molecule has 3 heteroatoms. The summed E-state index contributed by atoms with van der Waals surface area (Å²) < 4.78 is 7.43. The van der Waals surface area contributed by atoms with Crippen LogP contribution >= 0.6 is 0 Å². The van der Waals surface area contributed by atoms with Gasteiger partial charge in [-0.05, 0) is 38.2 Å². The number of aryl methyl sites for hydroxylation is 1. The molecule has 0 aliphatic heterocycles. The van der Waals surface area contributed by atoms with Gasteiger partial charge in [0.15, 0.2) is 0 Å². The Morgan fingerprint density at radius 3 is 2.71 bits per heavy atom. The molecule has 0 N–H and O–H groups in total. The van der Waals surface area contributed by atoms with E-state index in [0.717, 1.165) is 18.7 Å². The average Bonchev–Trinajstić information content (AvgIpc) is 2.63. The lowest BCUT2D eigenvalue weighted by molar-refractivity contribution is 0.414. The smallest absolute Gasteiger partial charge is 0.120 e. The Morgan fingerprint density at radius 2 is 2.06 bits per heavy atom. The zero-order valence-corrected chi connectivity index (χ0v) is 11.0. The van der Waals surface area contributed by atoms with E-state index in [4.69, 9.17) is 4.74 Å². The van der Waals surface area contributed by atoms with Gasteiger partial charge in [0.1, 0.15) is 5.75 Å². The molecule has 1 aromatic carbocycles. The number of rotatable bonds is 4. The van der Waals surface area contributed by atoms with Crippen LogP contribution in [0.3, 0.4) is 0 Å². The number of benzene rings is 1. The maximum absolute atomic E-state index is 5.26. The van der Waals surface area contributed by atoms with Gasteiger partial charge in [-0.15, -0.1) is 0 Å². The molecule has 0 amide bonds. The van der Waals surface area contributed by atoms with Crippen LogP contribution in [-0.4, -0.2) is 37.2 Å². The summed E-state index contributed by atoms with van der Waals surface area (Å²) in [6.45, 7) is 1.07. The van der Waals surface area contributed by atoms with E-state index < -0.39 is 0 Å². The fraction of sp³-hybridized carbons (Fsp3) is 0.429. The van der Waals surface area contributed by atoms with E-state index in [1.165, 1.54) is 16.5 Å². The van der Waals surface area contributed by atoms with Gasteiger partial charge >= 0.3 is 0 Å². The standard InChI is InChI=1S/C14H20N2O/c1-15(2)8-7-11-10-16(3)14-9-12(17-4)5-6-13(11)14/h5-6,9-10H,7-8H2,1-4H3. The molecule has 2 rings (SSSR count). The van der Waals surface area contributed by atoms with E-state index in [1.54, 1.807) is 7.11 Å². The Kier molecular flexibility index (Phi) is 3.38. The van der Waals surface area contributed by atoms with Crippen molar-refractivity contribution in [3.05, 3.63) is 30.0 Å². The first kappa shape index (κ1) is 12.0. The van der Waals surface area contributed by atoms with Crippen LogP contribution in [0.5, 0.6) is 5.75 Å². The van der Waals surface area contributed by atoms with Gasteiger partial charge in [0.25, 0.3) is 0 Å². The number of fused-ring (bicyclic) bond motifs is 1. The molecule has 0 saturated carbocycles. The first-order valence-corrected chi connectivity index (χ1v) is 5.88. The Hall–Kier alpha value is -1.48. The van der Waals surface area contributed by atoms with E-state index >= 15 is 0 Å².